The zero-order valence-corrected chi connectivity index (χ0v) is 22.7. The van der Waals surface area contributed by atoms with Crippen molar-refractivity contribution in [3.8, 4) is 0 Å². The van der Waals surface area contributed by atoms with Gasteiger partial charge in [-0.2, -0.15) is 0 Å². The normalized spacial score (nSPS) is 17.4. The summed E-state index contributed by atoms with van der Waals surface area (Å²) in [5, 5.41) is 5.98. The highest BCUT2D eigenvalue weighted by molar-refractivity contribution is 6.01. The monoisotopic (exact) mass is 518 g/mol. The van der Waals surface area contributed by atoms with Crippen LogP contribution in [-0.2, 0) is 27.5 Å². The number of benzene rings is 2. The number of amides is 3. The van der Waals surface area contributed by atoms with Crippen LogP contribution >= 0.6 is 0 Å². The highest BCUT2D eigenvalue weighted by atomic mass is 16.6. The summed E-state index contributed by atoms with van der Waals surface area (Å²) in [6.07, 6.45) is 4.61. The molecule has 0 spiro atoms. The lowest BCUT2D eigenvalue weighted by atomic mass is 10.0. The minimum atomic E-state index is -0.361. The van der Waals surface area contributed by atoms with Gasteiger partial charge in [0.2, 0.25) is 12.3 Å². The second-order valence-corrected chi connectivity index (χ2v) is 9.87. The Morgan fingerprint density at radius 1 is 1.21 bits per heavy atom. The number of allylic oxidation sites excluding steroid dienone is 1. The van der Waals surface area contributed by atoms with Crippen molar-refractivity contribution in [2.75, 3.05) is 6.54 Å². The Hall–Kier alpha value is -3.94. The van der Waals surface area contributed by atoms with E-state index in [1.165, 1.54) is 0 Å². The number of oxime groups is 1. The van der Waals surface area contributed by atoms with Gasteiger partial charge in [0.15, 0.2) is 5.76 Å². The summed E-state index contributed by atoms with van der Waals surface area (Å²) in [7, 11) is 0. The van der Waals surface area contributed by atoms with Crippen molar-refractivity contribution in [3.05, 3.63) is 76.9 Å². The largest absolute Gasteiger partial charge is 0.357 e. The third kappa shape index (κ3) is 6.68. The Bertz CT molecular complexity index is 1160. The zero-order chi connectivity index (χ0) is 27.7. The zero-order valence-electron chi connectivity index (χ0n) is 22.7. The predicted molar refractivity (Wildman–Crippen MR) is 149 cm³/mol. The van der Waals surface area contributed by atoms with Crippen LogP contribution in [0.3, 0.4) is 0 Å². The van der Waals surface area contributed by atoms with Gasteiger partial charge in [-0.1, -0.05) is 61.5 Å². The Labute approximate surface area is 225 Å². The molecule has 2 aromatic carbocycles. The minimum Gasteiger partial charge on any atom is -0.357 e. The summed E-state index contributed by atoms with van der Waals surface area (Å²) >= 11 is 0. The number of carbonyl (C=O) groups excluding carboxylic acids is 3. The van der Waals surface area contributed by atoms with Gasteiger partial charge in [-0.15, -0.1) is 0 Å². The lowest BCUT2D eigenvalue weighted by Gasteiger charge is -2.34. The summed E-state index contributed by atoms with van der Waals surface area (Å²) in [6.45, 7) is 13.2. The average molecular weight is 519 g/mol. The van der Waals surface area contributed by atoms with E-state index in [0.29, 0.717) is 25.3 Å². The summed E-state index contributed by atoms with van der Waals surface area (Å²) in [4.78, 5) is 44.6. The maximum atomic E-state index is 13.0. The fourth-order valence-electron chi connectivity index (χ4n) is 5.00. The maximum Gasteiger partial charge on any atom is 0.255 e. The topological polar surface area (TPSA) is 91.3 Å². The van der Waals surface area contributed by atoms with E-state index in [1.54, 1.807) is 4.90 Å². The maximum absolute atomic E-state index is 13.0. The standard InChI is InChI=1S/C18H24N2O2.C12H14N2O2/c1-12(2)16(18(22)19-10-6-7-13(19)3)20-11-14-8-4-5-9-15(14)17(20)21;1-3-12(16-13-2)11-6-4-10(5-7-11)8-14-9-15/h4-5,8-9,12-13,16H,6-7,10-11H2,1-3H3;3-7,9H,2,8H2,1H3,(H,14,15)/b;12-3-. The third-order valence-corrected chi connectivity index (χ3v) is 6.96. The number of nitrogens with one attached hydrogen (secondary N) is 1. The molecule has 4 rings (SSSR count). The van der Waals surface area contributed by atoms with Crippen LogP contribution in [0.5, 0.6) is 0 Å². The molecule has 1 fully saturated rings. The molecule has 3 amide bonds. The van der Waals surface area contributed by atoms with E-state index in [1.807, 2.05) is 80.3 Å². The molecule has 1 saturated heterocycles. The molecule has 2 heterocycles. The first-order chi connectivity index (χ1) is 18.3. The summed E-state index contributed by atoms with van der Waals surface area (Å²) in [5.74, 6) is 0.874. The van der Waals surface area contributed by atoms with Gasteiger partial charge in [-0.3, -0.25) is 14.4 Å². The number of fused-ring (bicyclic) bond motifs is 1. The molecule has 2 aliphatic heterocycles. The van der Waals surface area contributed by atoms with Crippen LogP contribution in [0.2, 0.25) is 0 Å². The molecule has 0 aromatic heterocycles. The van der Waals surface area contributed by atoms with Gasteiger partial charge in [0, 0.05) is 43.5 Å². The number of hydrogen-bond donors (Lipinski definition) is 1. The molecule has 2 aromatic rings. The number of carbonyl (C=O) groups is 3. The smallest absolute Gasteiger partial charge is 0.255 e. The van der Waals surface area contributed by atoms with E-state index >= 15 is 0 Å². The second kappa shape index (κ2) is 13.6. The van der Waals surface area contributed by atoms with Gasteiger partial charge in [0.05, 0.1) is 0 Å². The van der Waals surface area contributed by atoms with Crippen molar-refractivity contribution in [3.63, 3.8) is 0 Å². The van der Waals surface area contributed by atoms with Crippen molar-refractivity contribution in [1.29, 1.82) is 0 Å². The molecule has 8 heteroatoms. The third-order valence-electron chi connectivity index (χ3n) is 6.96. The SMILES string of the molecule is C=NO/C(=C\C)c1ccc(CNC=O)cc1.CC(C)C(C(=O)N1CCCC1C)N1Cc2ccccc2C1=O. The van der Waals surface area contributed by atoms with Crippen LogP contribution in [0.15, 0.2) is 59.8 Å². The van der Waals surface area contributed by atoms with Gasteiger partial charge in [0.25, 0.3) is 5.91 Å². The molecule has 8 nitrogen and oxygen atoms in total. The van der Waals surface area contributed by atoms with Crippen LogP contribution in [0.4, 0.5) is 0 Å². The van der Waals surface area contributed by atoms with E-state index in [9.17, 15) is 14.4 Å². The molecule has 2 unspecified atom stereocenters. The fraction of sp³-hybridized carbons (Fsp3) is 0.400. The highest BCUT2D eigenvalue weighted by Gasteiger charge is 2.41. The van der Waals surface area contributed by atoms with Gasteiger partial charge >= 0.3 is 0 Å². The predicted octanol–water partition coefficient (Wildman–Crippen LogP) is 4.60. The molecule has 38 heavy (non-hydrogen) atoms. The molecule has 0 bridgehead atoms. The number of hydrogen-bond acceptors (Lipinski definition) is 5. The van der Waals surface area contributed by atoms with E-state index in [0.717, 1.165) is 41.6 Å². The summed E-state index contributed by atoms with van der Waals surface area (Å²) in [5.41, 5.74) is 3.72. The van der Waals surface area contributed by atoms with E-state index in [4.69, 9.17) is 4.84 Å². The Balaban J connectivity index is 0.000000223. The van der Waals surface area contributed by atoms with Crippen LogP contribution in [0, 0.1) is 5.92 Å². The van der Waals surface area contributed by atoms with Crippen molar-refractivity contribution < 1.29 is 19.2 Å². The van der Waals surface area contributed by atoms with Crippen LogP contribution in [0.25, 0.3) is 5.76 Å². The Kier molecular flexibility index (Phi) is 10.2. The lowest BCUT2D eigenvalue weighted by molar-refractivity contribution is -0.138. The summed E-state index contributed by atoms with van der Waals surface area (Å²) < 4.78 is 0. The van der Waals surface area contributed by atoms with Crippen LogP contribution < -0.4 is 5.32 Å². The molecule has 0 saturated carbocycles. The van der Waals surface area contributed by atoms with Crippen molar-refractivity contribution in [2.45, 2.75) is 65.7 Å². The molecule has 1 N–H and O–H groups in total. The van der Waals surface area contributed by atoms with Crippen LogP contribution in [0.1, 0.15) is 67.6 Å². The molecule has 2 atom stereocenters. The molecular formula is C30H38N4O4. The van der Waals surface area contributed by atoms with E-state index in [-0.39, 0.29) is 29.8 Å². The lowest BCUT2D eigenvalue weighted by Crippen LogP contribution is -2.52. The molecule has 0 radical (unpaired) electrons. The molecule has 2 aliphatic rings. The number of nitrogens with zero attached hydrogens (tertiary/aromatic N) is 3. The van der Waals surface area contributed by atoms with E-state index in [2.05, 4.69) is 24.1 Å². The van der Waals surface area contributed by atoms with Gasteiger partial charge in [-0.25, -0.2) is 0 Å². The van der Waals surface area contributed by atoms with Gasteiger partial charge in [0.1, 0.15) is 6.04 Å². The quantitative estimate of drug-likeness (QED) is 0.227. The van der Waals surface area contributed by atoms with Gasteiger partial charge < -0.3 is 20.0 Å². The summed E-state index contributed by atoms with van der Waals surface area (Å²) in [6, 6.07) is 15.2. The minimum absolute atomic E-state index is 0.00509. The first kappa shape index (κ1) is 28.6. The first-order valence-corrected chi connectivity index (χ1v) is 13.1. The Morgan fingerprint density at radius 3 is 2.47 bits per heavy atom. The Morgan fingerprint density at radius 2 is 1.92 bits per heavy atom. The molecule has 0 aliphatic carbocycles. The molecule has 202 valence electrons. The second-order valence-electron chi connectivity index (χ2n) is 9.87. The van der Waals surface area contributed by atoms with Crippen molar-refractivity contribution >= 4 is 30.7 Å². The van der Waals surface area contributed by atoms with E-state index < -0.39 is 0 Å². The van der Waals surface area contributed by atoms with Crippen molar-refractivity contribution in [1.82, 2.24) is 15.1 Å². The van der Waals surface area contributed by atoms with Crippen molar-refractivity contribution in [2.24, 2.45) is 11.1 Å². The fourth-order valence-corrected chi connectivity index (χ4v) is 5.00. The first-order valence-electron chi connectivity index (χ1n) is 13.1. The average Bonchev–Trinajstić information content (AvgIpc) is 3.49. The number of rotatable bonds is 9. The van der Waals surface area contributed by atoms with Gasteiger partial charge in [-0.05, 0) is 55.9 Å². The van der Waals surface area contributed by atoms with Crippen LogP contribution in [-0.4, -0.2) is 53.4 Å². The molecular weight excluding hydrogens is 480 g/mol. The highest BCUT2D eigenvalue weighted by Crippen LogP contribution is 2.29. The number of likely N-dealkylation sites (tertiary alicyclic amines) is 1.